The Balaban J connectivity index is 1.30. The minimum absolute atomic E-state index is 0.0102. The highest BCUT2D eigenvalue weighted by molar-refractivity contribution is 5.72. The molecule has 1 aliphatic heterocycles. The third kappa shape index (κ3) is 6.29. The second-order valence-corrected chi connectivity index (χ2v) is 9.41. The van der Waals surface area contributed by atoms with E-state index in [0.717, 1.165) is 39.5 Å². The smallest absolute Gasteiger partial charge is 0.415 e. The molecule has 1 aromatic heterocycles. The number of carboxylic acids is 1. The Labute approximate surface area is 226 Å². The summed E-state index contributed by atoms with van der Waals surface area (Å²) in [6, 6.07) is 22.5. The molecule has 4 aromatic rings. The van der Waals surface area contributed by atoms with Crippen molar-refractivity contribution in [2.24, 2.45) is 0 Å². The number of ether oxygens (including phenoxy) is 2. The van der Waals surface area contributed by atoms with Gasteiger partial charge in [-0.2, -0.15) is 0 Å². The Morgan fingerprint density at radius 1 is 0.974 bits per heavy atom. The lowest BCUT2D eigenvalue weighted by Gasteiger charge is -2.31. The maximum atomic E-state index is 12.9. The van der Waals surface area contributed by atoms with E-state index < -0.39 is 12.1 Å². The predicted octanol–water partition coefficient (Wildman–Crippen LogP) is 5.85. The predicted molar refractivity (Wildman–Crippen MR) is 145 cm³/mol. The number of nitrogens with zero attached hydrogens (tertiary/aromatic N) is 2. The van der Waals surface area contributed by atoms with Crippen molar-refractivity contribution in [1.29, 1.82) is 0 Å². The standard InChI is InChI=1S/C31H30N2O6/c1-21-27(32-30(38-21)23-8-4-2-5-9-23)17-19-37-28-14-12-22(13-15-29(34)35)26-20-33(18-16-25(26)28)31(36)39-24-10-6-3-7-11-24/h2-12,14H,13,15-20H2,1H3,(H,34,35). The Bertz CT molecular complexity index is 1450. The molecule has 0 bridgehead atoms. The highest BCUT2D eigenvalue weighted by Crippen LogP contribution is 2.32. The zero-order valence-electron chi connectivity index (χ0n) is 21.8. The molecule has 0 unspecified atom stereocenters. The van der Waals surface area contributed by atoms with E-state index in [9.17, 15) is 14.7 Å². The molecule has 200 valence electrons. The number of aliphatic carboxylic acids is 1. The van der Waals surface area contributed by atoms with Crippen LogP contribution in [0.25, 0.3) is 11.5 Å². The number of rotatable bonds is 9. The molecule has 0 saturated carbocycles. The topological polar surface area (TPSA) is 102 Å². The maximum Gasteiger partial charge on any atom is 0.415 e. The average molecular weight is 527 g/mol. The average Bonchev–Trinajstić information content (AvgIpc) is 3.33. The molecule has 1 N–H and O–H groups in total. The Hall–Kier alpha value is -4.59. The lowest BCUT2D eigenvalue weighted by Crippen LogP contribution is -2.38. The summed E-state index contributed by atoms with van der Waals surface area (Å²) in [5.74, 6) is 1.71. The monoisotopic (exact) mass is 526 g/mol. The van der Waals surface area contributed by atoms with Gasteiger partial charge in [-0.3, -0.25) is 4.79 Å². The van der Waals surface area contributed by atoms with Crippen molar-refractivity contribution in [1.82, 2.24) is 9.88 Å². The van der Waals surface area contributed by atoms with E-state index in [1.165, 1.54) is 0 Å². The third-order valence-electron chi connectivity index (χ3n) is 6.79. The number of hydrogen-bond donors (Lipinski definition) is 1. The zero-order chi connectivity index (χ0) is 27.2. The number of aryl methyl sites for hydroxylation is 2. The summed E-state index contributed by atoms with van der Waals surface area (Å²) < 4.78 is 17.6. The van der Waals surface area contributed by atoms with Crippen molar-refractivity contribution in [2.75, 3.05) is 13.2 Å². The molecular formula is C31H30N2O6. The van der Waals surface area contributed by atoms with Crippen LogP contribution in [0.15, 0.2) is 77.2 Å². The van der Waals surface area contributed by atoms with Crippen LogP contribution in [-0.2, 0) is 30.6 Å². The zero-order valence-corrected chi connectivity index (χ0v) is 21.8. The van der Waals surface area contributed by atoms with Gasteiger partial charge < -0.3 is 23.9 Å². The van der Waals surface area contributed by atoms with Crippen molar-refractivity contribution < 1.29 is 28.6 Å². The van der Waals surface area contributed by atoms with Crippen LogP contribution in [-0.4, -0.2) is 40.2 Å². The SMILES string of the molecule is Cc1oc(-c2ccccc2)nc1CCOc1ccc(CCC(=O)O)c2c1CCN(C(=O)Oc1ccccc1)C2. The van der Waals surface area contributed by atoms with Crippen LogP contribution < -0.4 is 9.47 Å². The molecule has 3 aromatic carbocycles. The molecule has 0 atom stereocenters. The summed E-state index contributed by atoms with van der Waals surface area (Å²) in [7, 11) is 0. The number of benzene rings is 3. The molecule has 8 nitrogen and oxygen atoms in total. The van der Waals surface area contributed by atoms with Gasteiger partial charge in [0.2, 0.25) is 5.89 Å². The molecule has 0 radical (unpaired) electrons. The number of amides is 1. The van der Waals surface area contributed by atoms with Crippen molar-refractivity contribution in [3.05, 3.63) is 101 Å². The van der Waals surface area contributed by atoms with E-state index in [2.05, 4.69) is 4.98 Å². The molecule has 39 heavy (non-hydrogen) atoms. The Morgan fingerprint density at radius 3 is 2.46 bits per heavy atom. The van der Waals surface area contributed by atoms with Crippen LogP contribution in [0.3, 0.4) is 0 Å². The number of oxazole rings is 1. The van der Waals surface area contributed by atoms with Gasteiger partial charge in [0.25, 0.3) is 0 Å². The van der Waals surface area contributed by atoms with E-state index in [1.807, 2.05) is 67.6 Å². The fourth-order valence-corrected chi connectivity index (χ4v) is 4.75. The quantitative estimate of drug-likeness (QED) is 0.292. The van der Waals surface area contributed by atoms with E-state index in [0.29, 0.717) is 50.6 Å². The van der Waals surface area contributed by atoms with Crippen molar-refractivity contribution in [2.45, 2.75) is 39.2 Å². The molecule has 1 aliphatic rings. The molecule has 2 heterocycles. The number of para-hydroxylation sites is 1. The van der Waals surface area contributed by atoms with Gasteiger partial charge in [-0.1, -0.05) is 42.5 Å². The largest absolute Gasteiger partial charge is 0.493 e. The van der Waals surface area contributed by atoms with Gasteiger partial charge >= 0.3 is 12.1 Å². The van der Waals surface area contributed by atoms with Crippen LogP contribution in [0, 0.1) is 6.92 Å². The van der Waals surface area contributed by atoms with Gasteiger partial charge in [0.1, 0.15) is 17.3 Å². The number of fused-ring (bicyclic) bond motifs is 1. The van der Waals surface area contributed by atoms with Crippen LogP contribution in [0.4, 0.5) is 4.79 Å². The lowest BCUT2D eigenvalue weighted by atomic mass is 9.92. The van der Waals surface area contributed by atoms with E-state index in [4.69, 9.17) is 13.9 Å². The molecule has 5 rings (SSSR count). The van der Waals surface area contributed by atoms with Crippen LogP contribution in [0.2, 0.25) is 0 Å². The van der Waals surface area contributed by atoms with Crippen molar-refractivity contribution in [3.8, 4) is 23.0 Å². The van der Waals surface area contributed by atoms with Gasteiger partial charge in [-0.15, -0.1) is 0 Å². The van der Waals surface area contributed by atoms with Gasteiger partial charge in [-0.25, -0.2) is 9.78 Å². The number of carboxylic acid groups (broad SMARTS) is 1. The molecular weight excluding hydrogens is 496 g/mol. The second kappa shape index (κ2) is 11.9. The Morgan fingerprint density at radius 2 is 1.72 bits per heavy atom. The van der Waals surface area contributed by atoms with Gasteiger partial charge in [-0.05, 0) is 61.2 Å². The summed E-state index contributed by atoms with van der Waals surface area (Å²) in [6.07, 6.45) is 1.11. The summed E-state index contributed by atoms with van der Waals surface area (Å²) in [4.78, 5) is 30.4. The van der Waals surface area contributed by atoms with Crippen molar-refractivity contribution in [3.63, 3.8) is 0 Å². The molecule has 0 spiro atoms. The minimum Gasteiger partial charge on any atom is -0.493 e. The normalized spacial score (nSPS) is 12.6. The first-order valence-corrected chi connectivity index (χ1v) is 13.0. The third-order valence-corrected chi connectivity index (χ3v) is 6.79. The van der Waals surface area contributed by atoms with Crippen LogP contribution in [0.5, 0.6) is 11.5 Å². The Kier molecular flexibility index (Phi) is 7.91. The van der Waals surface area contributed by atoms with Gasteiger partial charge in [0.15, 0.2) is 0 Å². The van der Waals surface area contributed by atoms with Crippen LogP contribution in [0.1, 0.15) is 34.6 Å². The lowest BCUT2D eigenvalue weighted by molar-refractivity contribution is -0.136. The highest BCUT2D eigenvalue weighted by Gasteiger charge is 2.27. The summed E-state index contributed by atoms with van der Waals surface area (Å²) in [6.45, 7) is 3.11. The second-order valence-electron chi connectivity index (χ2n) is 9.41. The molecule has 0 fully saturated rings. The summed E-state index contributed by atoms with van der Waals surface area (Å²) in [5.41, 5.74) is 4.60. The minimum atomic E-state index is -0.863. The fourth-order valence-electron chi connectivity index (χ4n) is 4.75. The molecule has 0 aliphatic carbocycles. The highest BCUT2D eigenvalue weighted by atomic mass is 16.6. The van der Waals surface area contributed by atoms with E-state index in [1.54, 1.807) is 17.0 Å². The maximum absolute atomic E-state index is 12.9. The summed E-state index contributed by atoms with van der Waals surface area (Å²) in [5, 5.41) is 9.24. The number of aromatic nitrogens is 1. The molecule has 1 amide bonds. The summed E-state index contributed by atoms with van der Waals surface area (Å²) >= 11 is 0. The van der Waals surface area contributed by atoms with E-state index in [-0.39, 0.29) is 6.42 Å². The first-order chi connectivity index (χ1) is 19.0. The van der Waals surface area contributed by atoms with Crippen LogP contribution >= 0.6 is 0 Å². The number of hydrogen-bond acceptors (Lipinski definition) is 6. The van der Waals surface area contributed by atoms with E-state index >= 15 is 0 Å². The number of carbonyl (C=O) groups is 2. The van der Waals surface area contributed by atoms with Gasteiger partial charge in [0, 0.05) is 37.1 Å². The first kappa shape index (κ1) is 26.0. The molecule has 0 saturated heterocycles. The van der Waals surface area contributed by atoms with Gasteiger partial charge in [0.05, 0.1) is 12.3 Å². The first-order valence-electron chi connectivity index (χ1n) is 13.0. The fraction of sp³-hybridized carbons (Fsp3) is 0.258. The van der Waals surface area contributed by atoms with Crippen molar-refractivity contribution >= 4 is 12.1 Å². The number of carbonyl (C=O) groups excluding carboxylic acids is 1. The molecule has 8 heteroatoms.